The highest BCUT2D eigenvalue weighted by molar-refractivity contribution is 8.14. The van der Waals surface area contributed by atoms with Crippen LogP contribution in [-0.4, -0.2) is 80.0 Å². The lowest BCUT2D eigenvalue weighted by molar-refractivity contribution is -0.205. The van der Waals surface area contributed by atoms with E-state index in [1.165, 1.54) is 24.3 Å². The number of phenolic OH excluding ortho intramolecular Hbond substituents is 1. The number of rotatable bonds is 6. The second-order valence-electron chi connectivity index (χ2n) is 5.65. The number of nitrogens with zero attached hydrogens (tertiary/aromatic N) is 1. The Morgan fingerprint density at radius 2 is 1.78 bits per heavy atom. The molecule has 1 saturated heterocycles. The largest absolute Gasteiger partial charge is 0.508 e. The summed E-state index contributed by atoms with van der Waals surface area (Å²) in [5.41, 5.74) is -0.649. The molecule has 5 atom stereocenters. The number of oxime groups is 1. The molecule has 11 nitrogen and oxygen atoms in total. The fourth-order valence-corrected chi connectivity index (χ4v) is 3.60. The molecule has 152 valence electrons. The first-order valence-corrected chi connectivity index (χ1v) is 9.83. The topological polar surface area (TPSA) is 186 Å². The van der Waals surface area contributed by atoms with Crippen LogP contribution in [0.2, 0.25) is 0 Å². The van der Waals surface area contributed by atoms with Crippen molar-refractivity contribution >= 4 is 27.2 Å². The normalized spacial score (nSPS) is 29.5. The van der Waals surface area contributed by atoms with Gasteiger partial charge in [0.05, 0.1) is 6.61 Å². The van der Waals surface area contributed by atoms with Crippen molar-refractivity contribution in [1.82, 2.24) is 0 Å². The van der Waals surface area contributed by atoms with Gasteiger partial charge >= 0.3 is 10.4 Å². The molecule has 0 spiro atoms. The maximum atomic E-state index is 10.8. The van der Waals surface area contributed by atoms with E-state index in [9.17, 15) is 34.0 Å². The number of ether oxygens (including phenoxy) is 1. The van der Waals surface area contributed by atoms with Gasteiger partial charge in [0.15, 0.2) is 0 Å². The van der Waals surface area contributed by atoms with Gasteiger partial charge in [0, 0.05) is 6.42 Å². The van der Waals surface area contributed by atoms with E-state index in [0.717, 1.165) is 0 Å². The SMILES string of the molecule is O=S(=O)(O)O/N=C(\Cc1ccc(O)cc1)S[C@@H]1OC(CO)[C@@H](O)C(O)C1O. The van der Waals surface area contributed by atoms with Gasteiger partial charge in [0.1, 0.15) is 40.6 Å². The summed E-state index contributed by atoms with van der Waals surface area (Å²) in [5, 5.41) is 51.4. The Balaban J connectivity index is 2.20. The molecule has 1 aromatic carbocycles. The first-order valence-electron chi connectivity index (χ1n) is 7.58. The zero-order valence-corrected chi connectivity index (χ0v) is 15.3. The van der Waals surface area contributed by atoms with Crippen LogP contribution in [-0.2, 0) is 25.8 Å². The summed E-state index contributed by atoms with van der Waals surface area (Å²) >= 11 is 0.671. The number of hydrogen-bond donors (Lipinski definition) is 6. The minimum atomic E-state index is -4.88. The van der Waals surface area contributed by atoms with Crippen molar-refractivity contribution in [2.45, 2.75) is 36.3 Å². The van der Waals surface area contributed by atoms with Crippen LogP contribution in [0.3, 0.4) is 0 Å². The maximum Gasteiger partial charge on any atom is 0.466 e. The second kappa shape index (κ2) is 9.16. The Labute approximate surface area is 158 Å². The van der Waals surface area contributed by atoms with Gasteiger partial charge in [-0.05, 0) is 17.7 Å². The quantitative estimate of drug-likeness (QED) is 0.136. The summed E-state index contributed by atoms with van der Waals surface area (Å²) in [5.74, 6) is 0.00742. The molecule has 27 heavy (non-hydrogen) atoms. The third-order valence-electron chi connectivity index (χ3n) is 3.63. The number of benzene rings is 1. The molecule has 1 aliphatic rings. The predicted octanol–water partition coefficient (Wildman–Crippen LogP) is -1.40. The molecule has 0 bridgehead atoms. The molecule has 2 rings (SSSR count). The van der Waals surface area contributed by atoms with Gasteiger partial charge in [0.2, 0.25) is 0 Å². The third kappa shape index (κ3) is 6.29. The van der Waals surface area contributed by atoms with E-state index in [0.29, 0.717) is 17.3 Å². The van der Waals surface area contributed by atoms with E-state index in [1.807, 2.05) is 0 Å². The first-order chi connectivity index (χ1) is 12.6. The van der Waals surface area contributed by atoms with Gasteiger partial charge in [0.25, 0.3) is 0 Å². The highest BCUT2D eigenvalue weighted by Crippen LogP contribution is 2.30. The molecule has 0 radical (unpaired) electrons. The summed E-state index contributed by atoms with van der Waals surface area (Å²) in [7, 11) is -4.88. The molecular weight excluding hydrogens is 406 g/mol. The molecule has 1 aliphatic heterocycles. The lowest BCUT2D eigenvalue weighted by Gasteiger charge is -2.39. The molecule has 0 aliphatic carbocycles. The van der Waals surface area contributed by atoms with Gasteiger partial charge in [-0.2, -0.15) is 8.42 Å². The molecular formula is C14H19NO10S2. The number of aromatic hydroxyl groups is 1. The number of phenols is 1. The lowest BCUT2D eigenvalue weighted by atomic mass is 10.0. The molecule has 1 heterocycles. The van der Waals surface area contributed by atoms with E-state index in [-0.39, 0.29) is 17.2 Å². The second-order valence-corrected chi connectivity index (χ2v) is 7.82. The number of hydrogen-bond acceptors (Lipinski definition) is 11. The highest BCUT2D eigenvalue weighted by Gasteiger charge is 2.44. The molecule has 6 N–H and O–H groups in total. The number of aliphatic hydroxyl groups is 4. The lowest BCUT2D eigenvalue weighted by Crippen LogP contribution is -2.57. The fraction of sp³-hybridized carbons (Fsp3) is 0.500. The van der Waals surface area contributed by atoms with Gasteiger partial charge in [-0.15, -0.1) is 0 Å². The first kappa shape index (κ1) is 21.8. The molecule has 3 unspecified atom stereocenters. The number of aliphatic hydroxyl groups excluding tert-OH is 4. The van der Waals surface area contributed by atoms with Crippen LogP contribution in [0.4, 0.5) is 0 Å². The van der Waals surface area contributed by atoms with E-state index in [2.05, 4.69) is 9.44 Å². The van der Waals surface area contributed by atoms with Crippen LogP contribution >= 0.6 is 11.8 Å². The predicted molar refractivity (Wildman–Crippen MR) is 93.2 cm³/mol. The molecule has 1 aromatic rings. The third-order valence-corrected chi connectivity index (χ3v) is 5.00. The number of thioether (sulfide) groups is 1. The van der Waals surface area contributed by atoms with Crippen molar-refractivity contribution in [2.24, 2.45) is 5.16 Å². The van der Waals surface area contributed by atoms with Crippen LogP contribution < -0.4 is 0 Å². The molecule has 13 heteroatoms. The smallest absolute Gasteiger partial charge is 0.466 e. The van der Waals surface area contributed by atoms with Gasteiger partial charge in [-0.3, -0.25) is 4.55 Å². The summed E-state index contributed by atoms with van der Waals surface area (Å²) < 4.78 is 39.6. The van der Waals surface area contributed by atoms with Crippen molar-refractivity contribution in [3.05, 3.63) is 29.8 Å². The van der Waals surface area contributed by atoms with Crippen LogP contribution in [0.5, 0.6) is 5.75 Å². The van der Waals surface area contributed by atoms with Crippen LogP contribution in [0.25, 0.3) is 0 Å². The average Bonchev–Trinajstić information content (AvgIpc) is 2.61. The standard InChI is InChI=1S/C14H19NO10S2/c16-6-9-11(18)12(19)13(20)14(24-9)26-10(15-25-27(21,22)23)5-7-1-3-8(17)4-2-7/h1-4,9,11-14,16-20H,5-6H2,(H,21,22,23)/b15-10+/t9?,11-,12?,13?,14+/m1/s1. The minimum absolute atomic E-state index is 0.00742. The Morgan fingerprint density at radius 3 is 2.33 bits per heavy atom. The fourth-order valence-electron chi connectivity index (χ4n) is 2.27. The van der Waals surface area contributed by atoms with Gasteiger partial charge in [-0.25, -0.2) is 4.28 Å². The van der Waals surface area contributed by atoms with Crippen molar-refractivity contribution in [3.63, 3.8) is 0 Å². The van der Waals surface area contributed by atoms with Gasteiger partial charge in [-0.1, -0.05) is 29.1 Å². The Kier molecular flexibility index (Phi) is 7.41. The van der Waals surface area contributed by atoms with Crippen LogP contribution in [0, 0.1) is 0 Å². The van der Waals surface area contributed by atoms with E-state index in [4.69, 9.17) is 9.29 Å². The van der Waals surface area contributed by atoms with E-state index < -0.39 is 46.9 Å². The molecule has 0 aromatic heterocycles. The van der Waals surface area contributed by atoms with E-state index in [1.54, 1.807) is 0 Å². The zero-order chi connectivity index (χ0) is 20.2. The average molecular weight is 425 g/mol. The van der Waals surface area contributed by atoms with Crippen molar-refractivity contribution in [3.8, 4) is 5.75 Å². The monoisotopic (exact) mass is 425 g/mol. The Bertz CT molecular complexity index is 752. The minimum Gasteiger partial charge on any atom is -0.508 e. The highest BCUT2D eigenvalue weighted by atomic mass is 32.3. The molecule has 0 amide bonds. The summed E-state index contributed by atoms with van der Waals surface area (Å²) in [6, 6.07) is 5.81. The maximum absolute atomic E-state index is 10.8. The van der Waals surface area contributed by atoms with Crippen molar-refractivity contribution in [1.29, 1.82) is 0 Å². The molecule has 0 saturated carbocycles. The Morgan fingerprint density at radius 1 is 1.15 bits per heavy atom. The Hall–Kier alpha value is -1.45. The summed E-state index contributed by atoms with van der Waals surface area (Å²) in [4.78, 5) is 0. The van der Waals surface area contributed by atoms with Crippen molar-refractivity contribution in [2.75, 3.05) is 6.61 Å². The summed E-state index contributed by atoms with van der Waals surface area (Å²) in [6.07, 6.45) is -5.93. The van der Waals surface area contributed by atoms with E-state index >= 15 is 0 Å². The zero-order valence-electron chi connectivity index (χ0n) is 13.7. The van der Waals surface area contributed by atoms with Gasteiger partial charge < -0.3 is 30.3 Å². The van der Waals surface area contributed by atoms with Crippen molar-refractivity contribution < 1.29 is 47.5 Å². The summed E-state index contributed by atoms with van der Waals surface area (Å²) in [6.45, 7) is -0.631. The van der Waals surface area contributed by atoms with Crippen LogP contribution in [0.15, 0.2) is 29.4 Å². The molecule has 1 fully saturated rings. The van der Waals surface area contributed by atoms with Crippen LogP contribution in [0.1, 0.15) is 5.56 Å².